The number of ether oxygens (including phenoxy) is 1. The van der Waals surface area contributed by atoms with E-state index in [2.05, 4.69) is 10.1 Å². The molecule has 1 atom stereocenters. The lowest BCUT2D eigenvalue weighted by Gasteiger charge is -2.30. The van der Waals surface area contributed by atoms with Crippen molar-refractivity contribution in [2.75, 3.05) is 31.8 Å². The molecule has 7 nitrogen and oxygen atoms in total. The van der Waals surface area contributed by atoms with E-state index in [4.69, 9.17) is 0 Å². The van der Waals surface area contributed by atoms with Gasteiger partial charge in [0.15, 0.2) is 0 Å². The maximum absolute atomic E-state index is 12.4. The first-order valence-corrected chi connectivity index (χ1v) is 9.52. The van der Waals surface area contributed by atoms with Gasteiger partial charge in [-0.05, 0) is 43.5 Å². The largest absolute Gasteiger partial charge is 0.465 e. The molecule has 0 radical (unpaired) electrons. The molecule has 0 spiro atoms. The van der Waals surface area contributed by atoms with Gasteiger partial charge in [0.25, 0.3) is 0 Å². The predicted octanol–water partition coefficient (Wildman–Crippen LogP) is 1.39. The van der Waals surface area contributed by atoms with Crippen LogP contribution in [0.2, 0.25) is 0 Å². The fourth-order valence-corrected chi connectivity index (χ4v) is 3.65. The molecule has 24 heavy (non-hydrogen) atoms. The second kappa shape index (κ2) is 7.31. The number of esters is 1. The Hall–Kier alpha value is -1.93. The summed E-state index contributed by atoms with van der Waals surface area (Å²) in [5.74, 6) is -1.03. The second-order valence-corrected chi connectivity index (χ2v) is 7.95. The number of hydrogen-bond donors (Lipinski definition) is 1. The molecule has 1 aromatic carbocycles. The Morgan fingerprint density at radius 1 is 1.33 bits per heavy atom. The highest BCUT2D eigenvalue weighted by Crippen LogP contribution is 2.22. The van der Waals surface area contributed by atoms with Crippen LogP contribution in [-0.4, -0.2) is 51.1 Å². The number of anilines is 1. The molecular formula is C16H22N2O5S. The van der Waals surface area contributed by atoms with Crippen molar-refractivity contribution < 1.29 is 22.7 Å². The summed E-state index contributed by atoms with van der Waals surface area (Å²) < 4.78 is 29.3. The average Bonchev–Trinajstić information content (AvgIpc) is 2.55. The molecule has 1 aliphatic heterocycles. The van der Waals surface area contributed by atoms with Gasteiger partial charge < -0.3 is 10.1 Å². The summed E-state index contributed by atoms with van der Waals surface area (Å²) in [6.45, 7) is 2.44. The van der Waals surface area contributed by atoms with Crippen LogP contribution in [0.5, 0.6) is 0 Å². The molecule has 0 aromatic heterocycles. The molecule has 1 saturated heterocycles. The fraction of sp³-hybridized carbons (Fsp3) is 0.500. The number of aryl methyl sites for hydroxylation is 1. The Morgan fingerprint density at radius 3 is 2.62 bits per heavy atom. The molecule has 1 fully saturated rings. The quantitative estimate of drug-likeness (QED) is 0.825. The molecule has 1 unspecified atom stereocenters. The molecule has 1 aromatic rings. The van der Waals surface area contributed by atoms with Gasteiger partial charge in [-0.25, -0.2) is 17.5 Å². The van der Waals surface area contributed by atoms with E-state index < -0.39 is 16.0 Å². The van der Waals surface area contributed by atoms with E-state index in [0.717, 1.165) is 11.8 Å². The lowest BCUT2D eigenvalue weighted by Crippen LogP contribution is -2.43. The molecule has 1 N–H and O–H groups in total. The third-order valence-corrected chi connectivity index (χ3v) is 5.40. The maximum Gasteiger partial charge on any atom is 0.337 e. The van der Waals surface area contributed by atoms with Crippen LogP contribution in [0.1, 0.15) is 28.8 Å². The van der Waals surface area contributed by atoms with Gasteiger partial charge in [-0.3, -0.25) is 4.79 Å². The number of rotatable bonds is 4. The number of hydrogen-bond acceptors (Lipinski definition) is 5. The minimum atomic E-state index is -3.29. The highest BCUT2D eigenvalue weighted by molar-refractivity contribution is 7.88. The minimum Gasteiger partial charge on any atom is -0.465 e. The highest BCUT2D eigenvalue weighted by Gasteiger charge is 2.30. The van der Waals surface area contributed by atoms with E-state index in [-0.39, 0.29) is 18.4 Å². The third kappa shape index (κ3) is 4.33. The van der Waals surface area contributed by atoms with Gasteiger partial charge in [0.1, 0.15) is 0 Å². The summed E-state index contributed by atoms with van der Waals surface area (Å²) in [7, 11) is -1.98. The van der Waals surface area contributed by atoms with E-state index in [9.17, 15) is 18.0 Å². The van der Waals surface area contributed by atoms with Crippen molar-refractivity contribution in [3.63, 3.8) is 0 Å². The Balaban J connectivity index is 2.08. The number of carbonyl (C=O) groups excluding carboxylic acids is 2. The van der Waals surface area contributed by atoms with E-state index in [1.807, 2.05) is 0 Å². The number of amides is 1. The maximum atomic E-state index is 12.4. The summed E-state index contributed by atoms with van der Waals surface area (Å²) in [5.41, 5.74) is 1.75. The van der Waals surface area contributed by atoms with Gasteiger partial charge in [-0.15, -0.1) is 0 Å². The van der Waals surface area contributed by atoms with Crippen molar-refractivity contribution in [3.05, 3.63) is 29.3 Å². The Bertz CT molecular complexity index is 745. The van der Waals surface area contributed by atoms with Crippen LogP contribution < -0.4 is 5.32 Å². The summed E-state index contributed by atoms with van der Waals surface area (Å²) in [6, 6.07) is 4.87. The fourth-order valence-electron chi connectivity index (χ4n) is 2.74. The molecule has 2 rings (SSSR count). The lowest BCUT2D eigenvalue weighted by atomic mass is 9.98. The molecule has 1 heterocycles. The van der Waals surface area contributed by atoms with Gasteiger partial charge in [0.2, 0.25) is 15.9 Å². The molecule has 0 saturated carbocycles. The number of nitrogens with one attached hydrogen (secondary N) is 1. The average molecular weight is 354 g/mol. The molecular weight excluding hydrogens is 332 g/mol. The first-order valence-electron chi connectivity index (χ1n) is 7.67. The van der Waals surface area contributed by atoms with Gasteiger partial charge >= 0.3 is 5.97 Å². The number of carbonyl (C=O) groups is 2. The molecule has 132 valence electrons. The van der Waals surface area contributed by atoms with Crippen LogP contribution in [0.25, 0.3) is 0 Å². The van der Waals surface area contributed by atoms with Crippen LogP contribution in [0.3, 0.4) is 0 Å². The summed E-state index contributed by atoms with van der Waals surface area (Å²) >= 11 is 0. The zero-order valence-electron chi connectivity index (χ0n) is 14.0. The summed E-state index contributed by atoms with van der Waals surface area (Å²) in [6.07, 6.45) is 2.46. The minimum absolute atomic E-state index is 0.198. The zero-order chi connectivity index (χ0) is 17.9. The van der Waals surface area contributed by atoms with Crippen molar-refractivity contribution in [1.82, 2.24) is 4.31 Å². The zero-order valence-corrected chi connectivity index (χ0v) is 14.9. The van der Waals surface area contributed by atoms with Crippen LogP contribution in [0.4, 0.5) is 5.69 Å². The van der Waals surface area contributed by atoms with Crippen molar-refractivity contribution in [2.24, 2.45) is 5.92 Å². The van der Waals surface area contributed by atoms with Gasteiger partial charge in [-0.2, -0.15) is 0 Å². The van der Waals surface area contributed by atoms with Crippen LogP contribution in [0.15, 0.2) is 18.2 Å². The summed E-state index contributed by atoms with van der Waals surface area (Å²) in [5, 5.41) is 2.82. The Kier molecular flexibility index (Phi) is 5.61. The first kappa shape index (κ1) is 18.4. The monoisotopic (exact) mass is 354 g/mol. The smallest absolute Gasteiger partial charge is 0.337 e. The Labute approximate surface area is 142 Å². The number of nitrogens with zero attached hydrogens (tertiary/aromatic N) is 1. The van der Waals surface area contributed by atoms with Crippen molar-refractivity contribution in [2.45, 2.75) is 19.8 Å². The topological polar surface area (TPSA) is 92.8 Å². The molecule has 0 aliphatic carbocycles. The van der Waals surface area contributed by atoms with Crippen molar-refractivity contribution >= 4 is 27.6 Å². The molecule has 1 amide bonds. The predicted molar refractivity (Wildman–Crippen MR) is 90.3 cm³/mol. The van der Waals surface area contributed by atoms with Crippen molar-refractivity contribution in [3.8, 4) is 0 Å². The normalized spacial score (nSPS) is 18.9. The lowest BCUT2D eigenvalue weighted by molar-refractivity contribution is -0.120. The number of benzene rings is 1. The van der Waals surface area contributed by atoms with Crippen LogP contribution >= 0.6 is 0 Å². The summed E-state index contributed by atoms with van der Waals surface area (Å²) in [4.78, 5) is 23.9. The van der Waals surface area contributed by atoms with Gasteiger partial charge in [0, 0.05) is 18.8 Å². The van der Waals surface area contributed by atoms with E-state index in [1.165, 1.54) is 11.4 Å². The second-order valence-electron chi connectivity index (χ2n) is 5.97. The Morgan fingerprint density at radius 2 is 2.04 bits per heavy atom. The highest BCUT2D eigenvalue weighted by atomic mass is 32.2. The molecule has 1 aliphatic rings. The van der Waals surface area contributed by atoms with Crippen LogP contribution in [-0.2, 0) is 19.6 Å². The first-order chi connectivity index (χ1) is 11.2. The van der Waals surface area contributed by atoms with Gasteiger partial charge in [0.05, 0.1) is 24.8 Å². The molecule has 0 bridgehead atoms. The SMILES string of the molecule is COC(=O)c1ccc(NC(=O)C2CCCN(S(C)(=O)=O)C2)c(C)c1. The van der Waals surface area contributed by atoms with Gasteiger partial charge in [-0.1, -0.05) is 0 Å². The van der Waals surface area contributed by atoms with E-state index in [1.54, 1.807) is 25.1 Å². The number of piperidine rings is 1. The number of sulfonamides is 1. The standard InChI is InChI=1S/C16H22N2O5S/c1-11-9-12(16(20)23-2)6-7-14(11)17-15(19)13-5-4-8-18(10-13)24(3,21)22/h6-7,9,13H,4-5,8,10H2,1-3H3,(H,17,19). The van der Waals surface area contributed by atoms with E-state index >= 15 is 0 Å². The van der Waals surface area contributed by atoms with Crippen LogP contribution in [0, 0.1) is 12.8 Å². The van der Waals surface area contributed by atoms with Crippen molar-refractivity contribution in [1.29, 1.82) is 0 Å². The number of methoxy groups -OCH3 is 1. The molecule has 8 heteroatoms. The van der Waals surface area contributed by atoms with E-state index in [0.29, 0.717) is 30.6 Å². The third-order valence-electron chi connectivity index (χ3n) is 4.13.